The molecule has 4 nitrogen and oxygen atoms in total. The van der Waals surface area contributed by atoms with Crippen molar-refractivity contribution in [1.82, 2.24) is 14.9 Å². The summed E-state index contributed by atoms with van der Waals surface area (Å²) in [5.74, 6) is 0.932. The Bertz CT molecular complexity index is 587. The third kappa shape index (κ3) is 3.20. The number of rotatable bonds is 6. The van der Waals surface area contributed by atoms with Gasteiger partial charge in [-0.1, -0.05) is 17.7 Å². The molecule has 0 saturated heterocycles. The molecular weight excluding hydrogens is 250 g/mol. The Balaban J connectivity index is 1.68. The Morgan fingerprint density at radius 2 is 2.25 bits per heavy atom. The van der Waals surface area contributed by atoms with Crippen molar-refractivity contribution in [2.75, 3.05) is 7.11 Å². The number of methoxy groups -OCH3 is 1. The zero-order valence-corrected chi connectivity index (χ0v) is 12.1. The van der Waals surface area contributed by atoms with Crippen molar-refractivity contribution in [2.45, 2.75) is 38.9 Å². The van der Waals surface area contributed by atoms with E-state index in [2.05, 4.69) is 40.1 Å². The minimum Gasteiger partial charge on any atom is -0.496 e. The number of imidazole rings is 1. The fraction of sp³-hybridized carbons (Fsp3) is 0.438. The van der Waals surface area contributed by atoms with Gasteiger partial charge in [-0.25, -0.2) is 4.98 Å². The average molecular weight is 271 g/mol. The van der Waals surface area contributed by atoms with Crippen molar-refractivity contribution < 1.29 is 4.74 Å². The van der Waals surface area contributed by atoms with Gasteiger partial charge in [0.2, 0.25) is 0 Å². The Kier molecular flexibility index (Phi) is 3.74. The van der Waals surface area contributed by atoms with Crippen LogP contribution >= 0.6 is 0 Å². The number of hydrogen-bond acceptors (Lipinski definition) is 3. The number of benzene rings is 1. The van der Waals surface area contributed by atoms with Crippen molar-refractivity contribution in [1.29, 1.82) is 0 Å². The van der Waals surface area contributed by atoms with Gasteiger partial charge in [-0.15, -0.1) is 0 Å². The van der Waals surface area contributed by atoms with E-state index in [1.807, 2.05) is 12.4 Å². The lowest BCUT2D eigenvalue weighted by molar-refractivity contribution is 0.408. The van der Waals surface area contributed by atoms with Gasteiger partial charge in [-0.2, -0.15) is 0 Å². The molecule has 106 valence electrons. The van der Waals surface area contributed by atoms with Gasteiger partial charge in [0.25, 0.3) is 0 Å². The van der Waals surface area contributed by atoms with Crippen LogP contribution in [0.5, 0.6) is 5.75 Å². The zero-order chi connectivity index (χ0) is 13.9. The summed E-state index contributed by atoms with van der Waals surface area (Å²) in [7, 11) is 1.72. The molecule has 1 heterocycles. The van der Waals surface area contributed by atoms with Gasteiger partial charge in [0.1, 0.15) is 5.75 Å². The van der Waals surface area contributed by atoms with Crippen LogP contribution in [0.2, 0.25) is 0 Å². The van der Waals surface area contributed by atoms with E-state index in [0.717, 1.165) is 30.6 Å². The van der Waals surface area contributed by atoms with Crippen LogP contribution in [0.3, 0.4) is 0 Å². The predicted molar refractivity (Wildman–Crippen MR) is 78.9 cm³/mol. The second-order valence-electron chi connectivity index (χ2n) is 5.51. The third-order valence-corrected chi connectivity index (χ3v) is 3.62. The van der Waals surface area contributed by atoms with Crippen LogP contribution in [0, 0.1) is 6.92 Å². The molecule has 1 N–H and O–H groups in total. The Labute approximate surface area is 119 Å². The van der Waals surface area contributed by atoms with Crippen LogP contribution in [-0.2, 0) is 13.1 Å². The second kappa shape index (κ2) is 5.67. The van der Waals surface area contributed by atoms with Gasteiger partial charge in [0.05, 0.1) is 25.7 Å². The van der Waals surface area contributed by atoms with E-state index in [1.54, 1.807) is 7.11 Å². The van der Waals surface area contributed by atoms with Crippen LogP contribution in [0.15, 0.2) is 30.7 Å². The number of aromatic nitrogens is 2. The molecule has 20 heavy (non-hydrogen) atoms. The van der Waals surface area contributed by atoms with Crippen LogP contribution < -0.4 is 10.1 Å². The first-order chi connectivity index (χ1) is 9.74. The van der Waals surface area contributed by atoms with Crippen molar-refractivity contribution in [2.24, 2.45) is 0 Å². The summed E-state index contributed by atoms with van der Waals surface area (Å²) in [4.78, 5) is 4.45. The maximum atomic E-state index is 5.42. The average Bonchev–Trinajstić information content (AvgIpc) is 3.17. The maximum Gasteiger partial charge on any atom is 0.123 e. The number of ether oxygens (including phenoxy) is 1. The summed E-state index contributed by atoms with van der Waals surface area (Å²) in [5, 5.41) is 3.48. The van der Waals surface area contributed by atoms with E-state index in [-0.39, 0.29) is 0 Å². The minimum absolute atomic E-state index is 0.719. The maximum absolute atomic E-state index is 5.42. The number of nitrogens with one attached hydrogen (secondary N) is 1. The topological polar surface area (TPSA) is 39.1 Å². The fourth-order valence-electron chi connectivity index (χ4n) is 2.35. The summed E-state index contributed by atoms with van der Waals surface area (Å²) >= 11 is 0. The molecule has 0 atom stereocenters. The van der Waals surface area contributed by atoms with Crippen molar-refractivity contribution in [3.05, 3.63) is 47.5 Å². The van der Waals surface area contributed by atoms with E-state index in [9.17, 15) is 0 Å². The smallest absolute Gasteiger partial charge is 0.123 e. The first kappa shape index (κ1) is 13.2. The van der Waals surface area contributed by atoms with E-state index in [0.29, 0.717) is 0 Å². The van der Waals surface area contributed by atoms with Crippen LogP contribution in [0.1, 0.15) is 29.7 Å². The molecule has 0 amide bonds. The van der Waals surface area contributed by atoms with E-state index >= 15 is 0 Å². The highest BCUT2D eigenvalue weighted by Gasteiger charge is 2.20. The molecule has 0 radical (unpaired) electrons. The van der Waals surface area contributed by atoms with Gasteiger partial charge < -0.3 is 14.6 Å². The highest BCUT2D eigenvalue weighted by atomic mass is 16.5. The van der Waals surface area contributed by atoms with Gasteiger partial charge in [0, 0.05) is 24.3 Å². The monoisotopic (exact) mass is 271 g/mol. The Hall–Kier alpha value is -1.81. The fourth-order valence-corrected chi connectivity index (χ4v) is 2.35. The summed E-state index contributed by atoms with van der Waals surface area (Å²) in [6.45, 7) is 3.76. The van der Waals surface area contributed by atoms with Crippen molar-refractivity contribution >= 4 is 0 Å². The highest BCUT2D eigenvalue weighted by molar-refractivity contribution is 5.37. The minimum atomic E-state index is 0.719. The standard InChI is InChI=1S/C16H21N3O/c1-12-3-6-16(20-2)13(7-12)9-19-10-15(18-11-19)8-17-14-4-5-14/h3,6-7,10-11,14,17H,4-5,8-9H2,1-2H3. The molecule has 1 fully saturated rings. The lowest BCUT2D eigenvalue weighted by atomic mass is 10.1. The molecule has 1 aromatic heterocycles. The summed E-state index contributed by atoms with van der Waals surface area (Å²) < 4.78 is 7.53. The molecule has 1 aromatic carbocycles. The van der Waals surface area contributed by atoms with E-state index < -0.39 is 0 Å². The SMILES string of the molecule is COc1ccc(C)cc1Cn1cnc(CNC2CC2)c1. The van der Waals surface area contributed by atoms with Gasteiger partial charge in [-0.3, -0.25) is 0 Å². The van der Waals surface area contributed by atoms with Crippen LogP contribution in [0.25, 0.3) is 0 Å². The lowest BCUT2D eigenvalue weighted by Crippen LogP contribution is -2.15. The molecule has 4 heteroatoms. The highest BCUT2D eigenvalue weighted by Crippen LogP contribution is 2.21. The van der Waals surface area contributed by atoms with Crippen molar-refractivity contribution in [3.8, 4) is 5.75 Å². The molecule has 0 spiro atoms. The first-order valence-corrected chi connectivity index (χ1v) is 7.12. The second-order valence-corrected chi connectivity index (χ2v) is 5.51. The van der Waals surface area contributed by atoms with E-state index in [1.165, 1.54) is 24.0 Å². The molecule has 3 rings (SSSR count). The number of nitrogens with zero attached hydrogens (tertiary/aromatic N) is 2. The van der Waals surface area contributed by atoms with E-state index in [4.69, 9.17) is 4.74 Å². The first-order valence-electron chi connectivity index (χ1n) is 7.12. The molecule has 2 aromatic rings. The number of hydrogen-bond donors (Lipinski definition) is 1. The third-order valence-electron chi connectivity index (χ3n) is 3.62. The number of aryl methyl sites for hydroxylation is 1. The molecular formula is C16H21N3O. The van der Waals surface area contributed by atoms with Crippen LogP contribution in [-0.4, -0.2) is 22.7 Å². The predicted octanol–water partition coefficient (Wildman–Crippen LogP) is 2.50. The molecule has 1 aliphatic rings. The lowest BCUT2D eigenvalue weighted by Gasteiger charge is -2.09. The van der Waals surface area contributed by atoms with Crippen molar-refractivity contribution in [3.63, 3.8) is 0 Å². The van der Waals surface area contributed by atoms with Gasteiger partial charge in [-0.05, 0) is 25.8 Å². The molecule has 0 unspecified atom stereocenters. The summed E-state index contributed by atoms with van der Waals surface area (Å²) in [6, 6.07) is 6.98. The Morgan fingerprint density at radius 1 is 1.40 bits per heavy atom. The van der Waals surface area contributed by atoms with Crippen LogP contribution in [0.4, 0.5) is 0 Å². The van der Waals surface area contributed by atoms with Gasteiger partial charge >= 0.3 is 0 Å². The largest absolute Gasteiger partial charge is 0.496 e. The summed E-state index contributed by atoms with van der Waals surface area (Å²) in [5.41, 5.74) is 3.53. The molecule has 1 aliphatic carbocycles. The normalized spacial score (nSPS) is 14.5. The Morgan fingerprint density at radius 3 is 3.00 bits per heavy atom. The zero-order valence-electron chi connectivity index (χ0n) is 12.1. The molecule has 0 aliphatic heterocycles. The summed E-state index contributed by atoms with van der Waals surface area (Å²) in [6.07, 6.45) is 6.62. The molecule has 0 bridgehead atoms. The molecule has 1 saturated carbocycles. The van der Waals surface area contributed by atoms with Gasteiger partial charge in [0.15, 0.2) is 0 Å². The quantitative estimate of drug-likeness (QED) is 0.877.